The van der Waals surface area contributed by atoms with E-state index in [1.807, 2.05) is 43.3 Å². The van der Waals surface area contributed by atoms with Gasteiger partial charge in [-0.3, -0.25) is 9.52 Å². The number of nitrogens with zero attached hydrogens (tertiary/aromatic N) is 1. The van der Waals surface area contributed by atoms with Crippen molar-refractivity contribution in [2.24, 2.45) is 0 Å². The average molecular weight is 467 g/mol. The van der Waals surface area contributed by atoms with Crippen LogP contribution in [0.4, 0.5) is 5.69 Å². The molecule has 0 spiro atoms. The SMILES string of the molecule is Cc1ccc(NS(=O)(=O)c2ccc(C)c(C(=O)N(C)CC3COc4ccccc4O3)c2)cc1. The van der Waals surface area contributed by atoms with E-state index >= 15 is 0 Å². The maximum atomic E-state index is 13.2. The van der Waals surface area contributed by atoms with Crippen LogP contribution in [-0.4, -0.2) is 45.5 Å². The van der Waals surface area contributed by atoms with Gasteiger partial charge in [0.05, 0.1) is 11.4 Å². The Hall–Kier alpha value is -3.52. The third kappa shape index (κ3) is 5.12. The van der Waals surface area contributed by atoms with Gasteiger partial charge in [-0.05, 0) is 55.8 Å². The van der Waals surface area contributed by atoms with Crippen molar-refractivity contribution in [3.8, 4) is 11.5 Å². The van der Waals surface area contributed by atoms with E-state index in [2.05, 4.69) is 4.72 Å². The van der Waals surface area contributed by atoms with Crippen LogP contribution >= 0.6 is 0 Å². The second-order valence-electron chi connectivity index (χ2n) is 8.13. The van der Waals surface area contributed by atoms with Crippen LogP contribution in [0.3, 0.4) is 0 Å². The highest BCUT2D eigenvalue weighted by atomic mass is 32.2. The van der Waals surface area contributed by atoms with Crippen molar-refractivity contribution in [3.63, 3.8) is 0 Å². The molecular formula is C25H26N2O5S. The number of carbonyl (C=O) groups is 1. The topological polar surface area (TPSA) is 84.9 Å². The summed E-state index contributed by atoms with van der Waals surface area (Å²) in [6.45, 7) is 4.32. The van der Waals surface area contributed by atoms with Crippen molar-refractivity contribution in [2.75, 3.05) is 24.9 Å². The fourth-order valence-electron chi connectivity index (χ4n) is 3.58. The third-order valence-corrected chi connectivity index (χ3v) is 6.82. The normalized spacial score (nSPS) is 15.1. The molecule has 1 N–H and O–H groups in total. The van der Waals surface area contributed by atoms with Crippen LogP contribution in [0.15, 0.2) is 71.6 Å². The van der Waals surface area contributed by atoms with Crippen molar-refractivity contribution < 1.29 is 22.7 Å². The molecule has 1 aliphatic heterocycles. The van der Waals surface area contributed by atoms with Gasteiger partial charge in [0.1, 0.15) is 6.61 Å². The highest BCUT2D eigenvalue weighted by Gasteiger charge is 2.26. The smallest absolute Gasteiger partial charge is 0.261 e. The lowest BCUT2D eigenvalue weighted by Crippen LogP contribution is -2.42. The van der Waals surface area contributed by atoms with Gasteiger partial charge in [-0.25, -0.2) is 8.42 Å². The number of benzene rings is 3. The first-order valence-corrected chi connectivity index (χ1v) is 12.1. The van der Waals surface area contributed by atoms with Crippen molar-refractivity contribution in [3.05, 3.63) is 83.4 Å². The highest BCUT2D eigenvalue weighted by Crippen LogP contribution is 2.31. The number of sulfonamides is 1. The van der Waals surface area contributed by atoms with Crippen LogP contribution in [-0.2, 0) is 10.0 Å². The Morgan fingerprint density at radius 2 is 1.73 bits per heavy atom. The molecule has 3 aromatic rings. The van der Waals surface area contributed by atoms with E-state index in [1.165, 1.54) is 17.0 Å². The Kier molecular flexibility index (Phi) is 6.29. The predicted molar refractivity (Wildman–Crippen MR) is 126 cm³/mol. The van der Waals surface area contributed by atoms with E-state index in [9.17, 15) is 13.2 Å². The molecule has 0 fully saturated rings. The molecule has 1 aliphatic rings. The van der Waals surface area contributed by atoms with Crippen LogP contribution in [0.2, 0.25) is 0 Å². The first-order valence-electron chi connectivity index (χ1n) is 10.6. The molecule has 1 atom stereocenters. The monoisotopic (exact) mass is 466 g/mol. The molecule has 33 heavy (non-hydrogen) atoms. The fraction of sp³-hybridized carbons (Fsp3) is 0.240. The zero-order valence-corrected chi connectivity index (χ0v) is 19.6. The van der Waals surface area contributed by atoms with Gasteiger partial charge in [0, 0.05) is 18.3 Å². The van der Waals surface area contributed by atoms with Gasteiger partial charge in [0.15, 0.2) is 17.6 Å². The summed E-state index contributed by atoms with van der Waals surface area (Å²) in [6.07, 6.45) is -0.329. The minimum Gasteiger partial charge on any atom is -0.486 e. The Labute approximate surface area is 194 Å². The van der Waals surface area contributed by atoms with E-state index in [-0.39, 0.29) is 16.9 Å². The summed E-state index contributed by atoms with van der Waals surface area (Å²) in [4.78, 5) is 14.7. The Bertz CT molecular complexity index is 1270. The van der Waals surface area contributed by atoms with Crippen LogP contribution in [0.1, 0.15) is 21.5 Å². The standard InChI is InChI=1S/C25H26N2O5S/c1-17-8-11-19(12-9-17)26-33(29,30)21-13-10-18(2)22(14-21)25(28)27(3)15-20-16-31-23-6-4-5-7-24(23)32-20/h4-14,20,26H,15-16H2,1-3H3. The number of amides is 1. The molecule has 8 heteroatoms. The van der Waals surface area contributed by atoms with Crippen molar-refractivity contribution >= 4 is 21.6 Å². The van der Waals surface area contributed by atoms with Crippen LogP contribution in [0, 0.1) is 13.8 Å². The van der Waals surface area contributed by atoms with Crippen molar-refractivity contribution in [1.82, 2.24) is 4.90 Å². The van der Waals surface area contributed by atoms with Gasteiger partial charge >= 0.3 is 0 Å². The quantitative estimate of drug-likeness (QED) is 0.593. The molecule has 0 saturated carbocycles. The molecule has 0 aliphatic carbocycles. The summed E-state index contributed by atoms with van der Waals surface area (Å²) < 4.78 is 40.0. The van der Waals surface area contributed by atoms with Crippen molar-refractivity contribution in [2.45, 2.75) is 24.8 Å². The van der Waals surface area contributed by atoms with Gasteiger partial charge in [-0.2, -0.15) is 0 Å². The molecule has 7 nitrogen and oxygen atoms in total. The summed E-state index contributed by atoms with van der Waals surface area (Å²) in [6, 6.07) is 19.0. The summed E-state index contributed by atoms with van der Waals surface area (Å²) in [5.41, 5.74) is 2.50. The molecule has 0 aromatic heterocycles. The molecule has 1 amide bonds. The van der Waals surface area contributed by atoms with Crippen LogP contribution in [0.25, 0.3) is 0 Å². The Morgan fingerprint density at radius 1 is 1.03 bits per heavy atom. The summed E-state index contributed by atoms with van der Waals surface area (Å²) in [5, 5.41) is 0. The van der Waals surface area contributed by atoms with E-state index in [0.717, 1.165) is 5.56 Å². The Balaban J connectivity index is 1.49. The van der Waals surface area contributed by atoms with E-state index in [0.29, 0.717) is 41.5 Å². The third-order valence-electron chi connectivity index (χ3n) is 5.45. The van der Waals surface area contributed by atoms with E-state index in [4.69, 9.17) is 9.47 Å². The van der Waals surface area contributed by atoms with Crippen LogP contribution in [0.5, 0.6) is 11.5 Å². The molecule has 0 radical (unpaired) electrons. The lowest BCUT2D eigenvalue weighted by atomic mass is 10.1. The molecule has 0 saturated heterocycles. The highest BCUT2D eigenvalue weighted by molar-refractivity contribution is 7.92. The number of nitrogens with one attached hydrogen (secondary N) is 1. The summed E-state index contributed by atoms with van der Waals surface area (Å²) in [7, 11) is -2.19. The minimum absolute atomic E-state index is 0.0246. The number of carbonyl (C=O) groups excluding carboxylic acids is 1. The number of ether oxygens (including phenoxy) is 2. The van der Waals surface area contributed by atoms with Gasteiger partial charge < -0.3 is 14.4 Å². The van der Waals surface area contributed by atoms with Crippen molar-refractivity contribution in [1.29, 1.82) is 0 Å². The first kappa shape index (κ1) is 22.7. The summed E-state index contributed by atoms with van der Waals surface area (Å²) in [5.74, 6) is 1.03. The Morgan fingerprint density at radius 3 is 2.45 bits per heavy atom. The van der Waals surface area contributed by atoms with Crippen LogP contribution < -0.4 is 14.2 Å². The number of hydrogen-bond acceptors (Lipinski definition) is 5. The largest absolute Gasteiger partial charge is 0.486 e. The zero-order chi connectivity index (χ0) is 23.6. The number of aryl methyl sites for hydroxylation is 2. The van der Waals surface area contributed by atoms with E-state index < -0.39 is 10.0 Å². The lowest BCUT2D eigenvalue weighted by Gasteiger charge is -2.29. The molecular weight excluding hydrogens is 440 g/mol. The number of para-hydroxylation sites is 2. The number of rotatable bonds is 6. The van der Waals surface area contributed by atoms with Gasteiger partial charge in [0.25, 0.3) is 15.9 Å². The number of anilines is 1. The molecule has 172 valence electrons. The molecule has 4 rings (SSSR count). The van der Waals surface area contributed by atoms with Gasteiger partial charge in [-0.1, -0.05) is 35.9 Å². The molecule has 0 bridgehead atoms. The molecule has 1 heterocycles. The first-order chi connectivity index (χ1) is 15.7. The second kappa shape index (κ2) is 9.15. The number of fused-ring (bicyclic) bond motifs is 1. The average Bonchev–Trinajstić information content (AvgIpc) is 2.80. The maximum absolute atomic E-state index is 13.2. The zero-order valence-electron chi connectivity index (χ0n) is 18.7. The fourth-order valence-corrected chi connectivity index (χ4v) is 4.67. The predicted octanol–water partition coefficient (Wildman–Crippen LogP) is 4.02. The lowest BCUT2D eigenvalue weighted by molar-refractivity contribution is 0.0520. The molecule has 3 aromatic carbocycles. The van der Waals surface area contributed by atoms with Gasteiger partial charge in [-0.15, -0.1) is 0 Å². The number of hydrogen-bond donors (Lipinski definition) is 1. The summed E-state index contributed by atoms with van der Waals surface area (Å²) >= 11 is 0. The molecule has 1 unspecified atom stereocenters. The maximum Gasteiger partial charge on any atom is 0.261 e. The minimum atomic E-state index is -3.85. The van der Waals surface area contributed by atoms with E-state index in [1.54, 1.807) is 32.2 Å². The second-order valence-corrected chi connectivity index (χ2v) is 9.81. The number of likely N-dealkylation sites (N-methyl/N-ethyl adjacent to an activating group) is 1. The van der Waals surface area contributed by atoms with Gasteiger partial charge in [0.2, 0.25) is 0 Å².